The molecule has 0 aliphatic heterocycles. The Morgan fingerprint density at radius 2 is 1.65 bits per heavy atom. The first-order valence-corrected chi connectivity index (χ1v) is 11.1. The summed E-state index contributed by atoms with van der Waals surface area (Å²) in [6.07, 6.45) is 0. The van der Waals surface area contributed by atoms with Crippen molar-refractivity contribution in [1.82, 2.24) is 9.97 Å². The van der Waals surface area contributed by atoms with Gasteiger partial charge in [0.25, 0.3) is 10.0 Å². The van der Waals surface area contributed by atoms with Crippen LogP contribution in [0.1, 0.15) is 11.4 Å². The van der Waals surface area contributed by atoms with Crippen molar-refractivity contribution >= 4 is 26.7 Å². The van der Waals surface area contributed by atoms with Crippen LogP contribution in [0.25, 0.3) is 11.0 Å². The number of imidazole rings is 1. The Hall–Kier alpha value is -3.52. The number of para-hydroxylation sites is 2. The van der Waals surface area contributed by atoms with E-state index < -0.39 is 10.0 Å². The number of aryl methyl sites for hydroxylation is 1. The number of fused-ring (bicyclic) bond motifs is 1. The lowest BCUT2D eigenvalue weighted by Crippen LogP contribution is -2.31. The summed E-state index contributed by atoms with van der Waals surface area (Å²) >= 11 is 0. The summed E-state index contributed by atoms with van der Waals surface area (Å²) < 4.78 is 39.3. The molecule has 4 rings (SSSR count). The van der Waals surface area contributed by atoms with Gasteiger partial charge in [0.05, 0.1) is 42.4 Å². The van der Waals surface area contributed by atoms with E-state index in [1.54, 1.807) is 42.5 Å². The molecule has 4 aromatic rings. The lowest BCUT2D eigenvalue weighted by atomic mass is 10.2. The van der Waals surface area contributed by atoms with Gasteiger partial charge in [0.15, 0.2) is 11.5 Å². The van der Waals surface area contributed by atoms with Crippen molar-refractivity contribution in [3.63, 3.8) is 0 Å². The van der Waals surface area contributed by atoms with Crippen molar-refractivity contribution in [2.75, 3.05) is 18.5 Å². The summed E-state index contributed by atoms with van der Waals surface area (Å²) in [5.41, 5.74) is 3.04. The molecular weight excluding hydrogens is 414 g/mol. The van der Waals surface area contributed by atoms with Crippen LogP contribution in [0.2, 0.25) is 0 Å². The Bertz CT molecular complexity index is 1280. The minimum absolute atomic E-state index is 0.0281. The Labute approximate surface area is 181 Å². The van der Waals surface area contributed by atoms with Crippen molar-refractivity contribution < 1.29 is 17.9 Å². The Kier molecular flexibility index (Phi) is 5.56. The van der Waals surface area contributed by atoms with E-state index in [0.29, 0.717) is 23.0 Å². The molecule has 0 amide bonds. The normalized spacial score (nSPS) is 11.5. The first kappa shape index (κ1) is 20.7. The summed E-state index contributed by atoms with van der Waals surface area (Å²) in [6.45, 7) is 1.94. The van der Waals surface area contributed by atoms with Crippen LogP contribution in [-0.4, -0.2) is 32.6 Å². The van der Waals surface area contributed by atoms with Gasteiger partial charge >= 0.3 is 0 Å². The average Bonchev–Trinajstić information content (AvgIpc) is 3.20. The molecule has 1 N–H and O–H groups in total. The molecule has 8 heteroatoms. The molecule has 0 atom stereocenters. The zero-order valence-corrected chi connectivity index (χ0v) is 18.3. The smallest absolute Gasteiger partial charge is 0.264 e. The molecule has 0 radical (unpaired) electrons. The van der Waals surface area contributed by atoms with E-state index >= 15 is 0 Å². The van der Waals surface area contributed by atoms with E-state index in [2.05, 4.69) is 9.97 Å². The lowest BCUT2D eigenvalue weighted by Gasteiger charge is -2.24. The van der Waals surface area contributed by atoms with Crippen molar-refractivity contribution in [3.8, 4) is 11.5 Å². The fourth-order valence-electron chi connectivity index (χ4n) is 3.35. The van der Waals surface area contributed by atoms with Gasteiger partial charge in [-0.25, -0.2) is 13.4 Å². The predicted molar refractivity (Wildman–Crippen MR) is 120 cm³/mol. The topological polar surface area (TPSA) is 84.5 Å². The molecule has 3 aromatic carbocycles. The number of anilines is 1. The van der Waals surface area contributed by atoms with Crippen molar-refractivity contribution in [2.45, 2.75) is 18.4 Å². The predicted octanol–water partition coefficient (Wildman–Crippen LogP) is 4.28. The molecule has 0 unspecified atom stereocenters. The number of hydrogen-bond acceptors (Lipinski definition) is 5. The number of hydrogen-bond donors (Lipinski definition) is 1. The van der Waals surface area contributed by atoms with Crippen LogP contribution in [0.15, 0.2) is 71.6 Å². The first-order valence-electron chi connectivity index (χ1n) is 9.67. The van der Waals surface area contributed by atoms with Crippen LogP contribution >= 0.6 is 0 Å². The SMILES string of the molecule is COc1ccc(N(Cc2nc3ccccc3[nH]2)S(=O)(=O)c2ccc(C)cc2)cc1OC. The second-order valence-electron chi connectivity index (χ2n) is 7.06. The molecule has 31 heavy (non-hydrogen) atoms. The van der Waals surface area contributed by atoms with Gasteiger partial charge in [0.2, 0.25) is 0 Å². The summed E-state index contributed by atoms with van der Waals surface area (Å²) in [4.78, 5) is 7.96. The third-order valence-electron chi connectivity index (χ3n) is 5.00. The van der Waals surface area contributed by atoms with Crippen LogP contribution in [0.5, 0.6) is 11.5 Å². The lowest BCUT2D eigenvalue weighted by molar-refractivity contribution is 0.355. The van der Waals surface area contributed by atoms with Crippen molar-refractivity contribution in [1.29, 1.82) is 0 Å². The van der Waals surface area contributed by atoms with Gasteiger partial charge < -0.3 is 14.5 Å². The molecule has 160 valence electrons. The summed E-state index contributed by atoms with van der Waals surface area (Å²) in [6, 6.07) is 19.4. The summed E-state index contributed by atoms with van der Waals surface area (Å²) in [5.74, 6) is 1.49. The van der Waals surface area contributed by atoms with Crippen molar-refractivity contribution in [2.24, 2.45) is 0 Å². The number of nitrogens with one attached hydrogen (secondary N) is 1. The van der Waals surface area contributed by atoms with Crippen LogP contribution in [0, 0.1) is 6.92 Å². The molecule has 0 fully saturated rings. The van der Waals surface area contributed by atoms with Gasteiger partial charge in [-0.05, 0) is 43.3 Å². The number of rotatable bonds is 7. The van der Waals surface area contributed by atoms with Gasteiger partial charge in [-0.3, -0.25) is 4.31 Å². The molecule has 7 nitrogen and oxygen atoms in total. The van der Waals surface area contributed by atoms with E-state index in [1.165, 1.54) is 18.5 Å². The largest absolute Gasteiger partial charge is 0.493 e. The highest BCUT2D eigenvalue weighted by Crippen LogP contribution is 2.34. The summed E-state index contributed by atoms with van der Waals surface area (Å²) in [7, 11) is -0.826. The van der Waals surface area contributed by atoms with Crippen LogP contribution in [0.4, 0.5) is 5.69 Å². The number of benzene rings is 3. The van der Waals surface area contributed by atoms with E-state index in [0.717, 1.165) is 16.6 Å². The van der Waals surface area contributed by atoms with E-state index in [-0.39, 0.29) is 11.4 Å². The number of methoxy groups -OCH3 is 2. The van der Waals surface area contributed by atoms with E-state index in [4.69, 9.17) is 9.47 Å². The Morgan fingerprint density at radius 3 is 2.32 bits per heavy atom. The zero-order valence-electron chi connectivity index (χ0n) is 17.5. The maximum atomic E-state index is 13.6. The van der Waals surface area contributed by atoms with Crippen LogP contribution in [0.3, 0.4) is 0 Å². The van der Waals surface area contributed by atoms with Gasteiger partial charge in [-0.1, -0.05) is 29.8 Å². The number of H-pyrrole nitrogens is 1. The monoisotopic (exact) mass is 437 g/mol. The molecule has 0 spiro atoms. The first-order chi connectivity index (χ1) is 14.9. The molecule has 0 saturated carbocycles. The average molecular weight is 438 g/mol. The van der Waals surface area contributed by atoms with Crippen molar-refractivity contribution in [3.05, 3.63) is 78.1 Å². The zero-order chi connectivity index (χ0) is 22.0. The second kappa shape index (κ2) is 8.31. The Balaban J connectivity index is 1.82. The number of aromatic amines is 1. The molecular formula is C23H23N3O4S. The number of ether oxygens (including phenoxy) is 2. The fraction of sp³-hybridized carbons (Fsp3) is 0.174. The third kappa shape index (κ3) is 4.06. The highest BCUT2D eigenvalue weighted by atomic mass is 32.2. The third-order valence-corrected chi connectivity index (χ3v) is 6.78. The number of sulfonamides is 1. The standard InChI is InChI=1S/C23H23N3O4S/c1-16-8-11-18(12-9-16)31(27,28)26(17-10-13-21(29-2)22(14-17)30-3)15-23-24-19-6-4-5-7-20(19)25-23/h4-14H,15H2,1-3H3,(H,24,25). The molecule has 1 heterocycles. The van der Waals surface area contributed by atoms with Crippen LogP contribution in [-0.2, 0) is 16.6 Å². The van der Waals surface area contributed by atoms with Crippen LogP contribution < -0.4 is 13.8 Å². The quantitative estimate of drug-likeness (QED) is 0.466. The summed E-state index contributed by atoms with van der Waals surface area (Å²) in [5, 5.41) is 0. The van der Waals surface area contributed by atoms with Gasteiger partial charge in [0, 0.05) is 6.07 Å². The molecule has 0 aliphatic carbocycles. The van der Waals surface area contributed by atoms with Gasteiger partial charge in [-0.15, -0.1) is 0 Å². The highest BCUT2D eigenvalue weighted by Gasteiger charge is 2.27. The number of nitrogens with zero attached hydrogens (tertiary/aromatic N) is 2. The van der Waals surface area contributed by atoms with E-state index in [9.17, 15) is 8.42 Å². The minimum Gasteiger partial charge on any atom is -0.493 e. The molecule has 0 bridgehead atoms. The van der Waals surface area contributed by atoms with E-state index in [1.807, 2.05) is 31.2 Å². The number of aromatic nitrogens is 2. The fourth-order valence-corrected chi connectivity index (χ4v) is 4.77. The molecule has 1 aromatic heterocycles. The van der Waals surface area contributed by atoms with Gasteiger partial charge in [0.1, 0.15) is 5.82 Å². The highest BCUT2D eigenvalue weighted by molar-refractivity contribution is 7.92. The minimum atomic E-state index is -3.87. The van der Waals surface area contributed by atoms with Gasteiger partial charge in [-0.2, -0.15) is 0 Å². The maximum Gasteiger partial charge on any atom is 0.264 e. The molecule has 0 saturated heterocycles. The second-order valence-corrected chi connectivity index (χ2v) is 8.93. The maximum absolute atomic E-state index is 13.6. The Morgan fingerprint density at radius 1 is 0.935 bits per heavy atom. The molecule has 0 aliphatic rings.